The fourth-order valence-corrected chi connectivity index (χ4v) is 2.78. The standard InChI is InChI=1S/C15H21NO3S/c1-13-5-7-14(8-6-13)20(17)16-10-4-3-9-15(2)18-11-12-19-15/h5-8,10H,3-4,9,11-12H2,1-2H3/b16-10+. The number of benzene rings is 1. The zero-order chi connectivity index (χ0) is 14.4. The maximum atomic E-state index is 11.9. The summed E-state index contributed by atoms with van der Waals surface area (Å²) in [6.07, 6.45) is 4.25. The molecule has 4 nitrogen and oxygen atoms in total. The highest BCUT2D eigenvalue weighted by atomic mass is 32.2. The zero-order valence-corrected chi connectivity index (χ0v) is 12.8. The van der Waals surface area contributed by atoms with Gasteiger partial charge in [-0.3, -0.25) is 0 Å². The van der Waals surface area contributed by atoms with Gasteiger partial charge in [-0.25, -0.2) is 4.21 Å². The van der Waals surface area contributed by atoms with Crippen molar-refractivity contribution in [3.8, 4) is 0 Å². The Morgan fingerprint density at radius 2 is 1.95 bits per heavy atom. The lowest BCUT2D eigenvalue weighted by molar-refractivity contribution is -0.147. The number of ether oxygens (including phenoxy) is 2. The SMILES string of the molecule is Cc1ccc(S(=O)/N=C/CCCC2(C)OCCO2)cc1. The third-order valence-electron chi connectivity index (χ3n) is 3.26. The van der Waals surface area contributed by atoms with Gasteiger partial charge >= 0.3 is 0 Å². The summed E-state index contributed by atoms with van der Waals surface area (Å²) in [5.41, 5.74) is 1.15. The van der Waals surface area contributed by atoms with E-state index in [1.54, 1.807) is 6.21 Å². The van der Waals surface area contributed by atoms with Crippen LogP contribution in [0.4, 0.5) is 0 Å². The molecule has 1 aliphatic rings. The van der Waals surface area contributed by atoms with E-state index < -0.39 is 16.8 Å². The van der Waals surface area contributed by atoms with Gasteiger partial charge in [0.15, 0.2) is 16.8 Å². The van der Waals surface area contributed by atoms with E-state index in [-0.39, 0.29) is 0 Å². The summed E-state index contributed by atoms with van der Waals surface area (Å²) in [7, 11) is -1.30. The molecule has 0 spiro atoms. The first-order chi connectivity index (χ1) is 9.59. The van der Waals surface area contributed by atoms with Crippen LogP contribution in [0, 0.1) is 6.92 Å². The van der Waals surface area contributed by atoms with Gasteiger partial charge < -0.3 is 9.47 Å². The summed E-state index contributed by atoms with van der Waals surface area (Å²) in [5, 5.41) is 0. The van der Waals surface area contributed by atoms with Crippen LogP contribution >= 0.6 is 0 Å². The smallest absolute Gasteiger partial charge is 0.172 e. The predicted molar refractivity (Wildman–Crippen MR) is 80.2 cm³/mol. The Morgan fingerprint density at radius 3 is 2.60 bits per heavy atom. The quantitative estimate of drug-likeness (QED) is 0.598. The van der Waals surface area contributed by atoms with Gasteiger partial charge in [0, 0.05) is 12.6 Å². The lowest BCUT2D eigenvalue weighted by Crippen LogP contribution is -2.25. The monoisotopic (exact) mass is 295 g/mol. The number of aryl methyl sites for hydroxylation is 1. The molecule has 0 amide bonds. The minimum absolute atomic E-state index is 0.441. The molecule has 5 heteroatoms. The summed E-state index contributed by atoms with van der Waals surface area (Å²) in [4.78, 5) is 0.737. The number of rotatable bonds is 6. The Kier molecular flexibility index (Phi) is 5.46. The van der Waals surface area contributed by atoms with E-state index >= 15 is 0 Å². The van der Waals surface area contributed by atoms with Gasteiger partial charge in [-0.1, -0.05) is 17.7 Å². The van der Waals surface area contributed by atoms with Crippen LogP contribution in [-0.2, 0) is 20.5 Å². The predicted octanol–water partition coefficient (Wildman–Crippen LogP) is 3.02. The Balaban J connectivity index is 1.73. The van der Waals surface area contributed by atoms with Crippen LogP contribution in [0.2, 0.25) is 0 Å². The first-order valence-corrected chi connectivity index (χ1v) is 7.99. The first kappa shape index (κ1) is 15.4. The fourth-order valence-electron chi connectivity index (χ4n) is 2.05. The van der Waals surface area contributed by atoms with Gasteiger partial charge in [0.1, 0.15) is 0 Å². The lowest BCUT2D eigenvalue weighted by Gasteiger charge is -2.21. The second-order valence-corrected chi connectivity index (χ2v) is 6.25. The molecule has 1 heterocycles. The molecule has 0 radical (unpaired) electrons. The van der Waals surface area contributed by atoms with Crippen LogP contribution in [0.5, 0.6) is 0 Å². The number of nitrogens with zero attached hydrogens (tertiary/aromatic N) is 1. The van der Waals surface area contributed by atoms with E-state index in [2.05, 4.69) is 4.40 Å². The molecule has 0 bridgehead atoms. The van der Waals surface area contributed by atoms with Crippen molar-refractivity contribution in [1.29, 1.82) is 0 Å². The number of hydrogen-bond acceptors (Lipinski definition) is 3. The summed E-state index contributed by atoms with van der Waals surface area (Å²) >= 11 is 0. The lowest BCUT2D eigenvalue weighted by atomic mass is 10.1. The van der Waals surface area contributed by atoms with Gasteiger partial charge in [-0.15, -0.1) is 0 Å². The van der Waals surface area contributed by atoms with Gasteiger partial charge in [-0.2, -0.15) is 4.40 Å². The molecule has 0 aliphatic carbocycles. The summed E-state index contributed by atoms with van der Waals surface area (Å²) in [6.45, 7) is 5.30. The largest absolute Gasteiger partial charge is 0.348 e. The molecule has 110 valence electrons. The second-order valence-electron chi connectivity index (χ2n) is 5.07. The molecule has 1 unspecified atom stereocenters. The van der Waals surface area contributed by atoms with Crippen LogP contribution in [-0.4, -0.2) is 29.4 Å². The zero-order valence-electron chi connectivity index (χ0n) is 12.0. The second kappa shape index (κ2) is 7.11. The van der Waals surface area contributed by atoms with Crippen LogP contribution in [0.25, 0.3) is 0 Å². The van der Waals surface area contributed by atoms with Crippen LogP contribution < -0.4 is 0 Å². The normalized spacial score (nSPS) is 19.5. The highest BCUT2D eigenvalue weighted by Gasteiger charge is 2.29. The van der Waals surface area contributed by atoms with Crippen molar-refractivity contribution < 1.29 is 13.7 Å². The van der Waals surface area contributed by atoms with Crippen molar-refractivity contribution in [3.05, 3.63) is 29.8 Å². The molecule has 0 saturated carbocycles. The van der Waals surface area contributed by atoms with Crippen LogP contribution in [0.3, 0.4) is 0 Å². The van der Waals surface area contributed by atoms with E-state index in [1.807, 2.05) is 38.1 Å². The Bertz CT molecular complexity index is 478. The van der Waals surface area contributed by atoms with Crippen molar-refractivity contribution in [2.45, 2.75) is 43.8 Å². The maximum Gasteiger partial charge on any atom is 0.172 e. The van der Waals surface area contributed by atoms with E-state index in [0.29, 0.717) is 13.2 Å². The maximum absolute atomic E-state index is 11.9. The molecule has 1 saturated heterocycles. The Labute approximate surface area is 122 Å². The number of unbranched alkanes of at least 4 members (excludes halogenated alkanes) is 1. The number of hydrogen-bond donors (Lipinski definition) is 0. The van der Waals surface area contributed by atoms with Gasteiger partial charge in [-0.05, 0) is 38.8 Å². The average molecular weight is 295 g/mol. The van der Waals surface area contributed by atoms with Crippen molar-refractivity contribution in [3.63, 3.8) is 0 Å². The molecule has 0 N–H and O–H groups in total. The summed E-state index contributed by atoms with van der Waals surface area (Å²) < 4.78 is 27.0. The third kappa shape index (κ3) is 4.51. The van der Waals surface area contributed by atoms with Crippen molar-refractivity contribution in [2.24, 2.45) is 4.40 Å². The molecule has 20 heavy (non-hydrogen) atoms. The minimum atomic E-state index is -1.30. The third-order valence-corrected chi connectivity index (χ3v) is 4.27. The molecule has 1 aromatic carbocycles. The van der Waals surface area contributed by atoms with E-state index in [1.165, 1.54) is 0 Å². The molecular weight excluding hydrogens is 274 g/mol. The van der Waals surface area contributed by atoms with Gasteiger partial charge in [0.25, 0.3) is 0 Å². The van der Waals surface area contributed by atoms with E-state index in [9.17, 15) is 4.21 Å². The van der Waals surface area contributed by atoms with Crippen molar-refractivity contribution in [2.75, 3.05) is 13.2 Å². The van der Waals surface area contributed by atoms with Gasteiger partial charge in [0.05, 0.1) is 18.1 Å². The van der Waals surface area contributed by atoms with E-state index in [4.69, 9.17) is 9.47 Å². The first-order valence-electron chi connectivity index (χ1n) is 6.88. The Morgan fingerprint density at radius 1 is 1.30 bits per heavy atom. The molecule has 1 aromatic rings. The van der Waals surface area contributed by atoms with Crippen molar-refractivity contribution >= 4 is 17.2 Å². The van der Waals surface area contributed by atoms with Crippen LogP contribution in [0.1, 0.15) is 31.7 Å². The molecule has 1 atom stereocenters. The average Bonchev–Trinajstić information content (AvgIpc) is 2.86. The van der Waals surface area contributed by atoms with Crippen LogP contribution in [0.15, 0.2) is 33.6 Å². The molecule has 1 fully saturated rings. The summed E-state index contributed by atoms with van der Waals surface area (Å²) in [5.74, 6) is -0.441. The highest BCUT2D eigenvalue weighted by molar-refractivity contribution is 7.83. The topological polar surface area (TPSA) is 47.9 Å². The highest BCUT2D eigenvalue weighted by Crippen LogP contribution is 2.24. The van der Waals surface area contributed by atoms with Crippen molar-refractivity contribution in [1.82, 2.24) is 0 Å². The molecule has 1 aliphatic heterocycles. The molecular formula is C15H21NO3S. The molecule has 2 rings (SSSR count). The minimum Gasteiger partial charge on any atom is -0.348 e. The Hall–Kier alpha value is -1.04. The molecule has 0 aromatic heterocycles. The van der Waals surface area contributed by atoms with Gasteiger partial charge in [0.2, 0.25) is 0 Å². The summed E-state index contributed by atoms with van der Waals surface area (Å²) in [6, 6.07) is 7.59. The van der Waals surface area contributed by atoms with E-state index in [0.717, 1.165) is 29.7 Å². The fraction of sp³-hybridized carbons (Fsp3) is 0.533.